The number of esters is 1. The highest BCUT2D eigenvalue weighted by Gasteiger charge is 2.30. The average Bonchev–Trinajstić information content (AvgIpc) is 2.81. The second-order valence-electron chi connectivity index (χ2n) is 4.79. The molecule has 0 bridgehead atoms. The molecule has 0 spiro atoms. The van der Waals surface area contributed by atoms with Gasteiger partial charge in [0.15, 0.2) is 0 Å². The van der Waals surface area contributed by atoms with Gasteiger partial charge in [0, 0.05) is 29.0 Å². The van der Waals surface area contributed by atoms with Gasteiger partial charge in [-0.3, -0.25) is 4.79 Å². The fourth-order valence-corrected chi connectivity index (χ4v) is 2.84. The quantitative estimate of drug-likeness (QED) is 0.629. The van der Waals surface area contributed by atoms with Crippen LogP contribution in [0, 0.1) is 12.8 Å². The van der Waals surface area contributed by atoms with Crippen molar-refractivity contribution in [3.05, 3.63) is 40.4 Å². The fraction of sp³-hybridized carbons (Fsp3) is 0.333. The first-order valence-electron chi connectivity index (χ1n) is 6.29. The van der Waals surface area contributed by atoms with Crippen molar-refractivity contribution >= 4 is 33.5 Å². The molecule has 1 heterocycles. The van der Waals surface area contributed by atoms with Gasteiger partial charge in [-0.2, -0.15) is 0 Å². The van der Waals surface area contributed by atoms with Crippen molar-refractivity contribution in [1.82, 2.24) is 0 Å². The Morgan fingerprint density at radius 2 is 2.25 bits per heavy atom. The van der Waals surface area contributed by atoms with E-state index in [0.717, 1.165) is 15.7 Å². The van der Waals surface area contributed by atoms with Crippen LogP contribution in [0.15, 0.2) is 29.3 Å². The smallest absolute Gasteiger partial charge is 0.338 e. The highest BCUT2D eigenvalue weighted by atomic mass is 79.9. The second kappa shape index (κ2) is 5.79. The first-order chi connectivity index (χ1) is 9.47. The number of hydrogen-bond acceptors (Lipinski definition) is 3. The maximum atomic E-state index is 12.1. The van der Waals surface area contributed by atoms with Gasteiger partial charge in [-0.15, -0.1) is 6.58 Å². The van der Waals surface area contributed by atoms with Crippen molar-refractivity contribution in [2.24, 2.45) is 5.92 Å². The largest absolute Gasteiger partial charge is 0.465 e. The number of halogens is 1. The summed E-state index contributed by atoms with van der Waals surface area (Å²) in [6.45, 7) is 6.16. The molecule has 1 aromatic carbocycles. The number of methoxy groups -OCH3 is 1. The molecule has 1 saturated heterocycles. The third kappa shape index (κ3) is 2.63. The number of rotatable bonds is 3. The van der Waals surface area contributed by atoms with Crippen LogP contribution in [0.4, 0.5) is 5.69 Å². The van der Waals surface area contributed by atoms with Gasteiger partial charge in [-0.1, -0.05) is 22.0 Å². The Morgan fingerprint density at radius 1 is 1.55 bits per heavy atom. The molecule has 1 fully saturated rings. The molecule has 0 aliphatic carbocycles. The van der Waals surface area contributed by atoms with E-state index < -0.39 is 5.97 Å². The first kappa shape index (κ1) is 14.8. The lowest BCUT2D eigenvalue weighted by Gasteiger charge is -2.20. The molecule has 106 valence electrons. The summed E-state index contributed by atoms with van der Waals surface area (Å²) < 4.78 is 5.52. The zero-order chi connectivity index (χ0) is 14.9. The molecule has 2 rings (SSSR count). The number of amides is 1. The Morgan fingerprint density at radius 3 is 2.80 bits per heavy atom. The molecule has 20 heavy (non-hydrogen) atoms. The van der Waals surface area contributed by atoms with Gasteiger partial charge in [0.1, 0.15) is 0 Å². The van der Waals surface area contributed by atoms with E-state index in [-0.39, 0.29) is 11.8 Å². The number of carbonyl (C=O) groups is 2. The van der Waals surface area contributed by atoms with Gasteiger partial charge >= 0.3 is 5.97 Å². The topological polar surface area (TPSA) is 46.6 Å². The van der Waals surface area contributed by atoms with Gasteiger partial charge in [0.05, 0.1) is 12.7 Å². The van der Waals surface area contributed by atoms with Crippen molar-refractivity contribution in [2.45, 2.75) is 13.3 Å². The Hall–Kier alpha value is -1.62. The van der Waals surface area contributed by atoms with E-state index >= 15 is 0 Å². The van der Waals surface area contributed by atoms with Crippen molar-refractivity contribution in [1.29, 1.82) is 0 Å². The summed E-state index contributed by atoms with van der Waals surface area (Å²) in [5.74, 6) is -0.202. The maximum absolute atomic E-state index is 12.1. The zero-order valence-electron chi connectivity index (χ0n) is 11.5. The van der Waals surface area contributed by atoms with Crippen LogP contribution in [0.5, 0.6) is 0 Å². The number of anilines is 1. The third-order valence-electron chi connectivity index (χ3n) is 3.53. The Kier molecular flexibility index (Phi) is 4.28. The van der Waals surface area contributed by atoms with Crippen molar-refractivity contribution in [3.63, 3.8) is 0 Å². The number of nitrogens with zero attached hydrogens (tertiary/aromatic N) is 1. The van der Waals surface area contributed by atoms with E-state index in [1.807, 2.05) is 13.0 Å². The van der Waals surface area contributed by atoms with Crippen LogP contribution in [0.3, 0.4) is 0 Å². The molecule has 0 radical (unpaired) electrons. The van der Waals surface area contributed by atoms with Gasteiger partial charge in [0.25, 0.3) is 0 Å². The Balaban J connectivity index is 2.47. The summed E-state index contributed by atoms with van der Waals surface area (Å²) in [4.78, 5) is 25.6. The van der Waals surface area contributed by atoms with Crippen molar-refractivity contribution in [3.8, 4) is 0 Å². The Labute approximate surface area is 126 Å². The molecule has 0 aromatic heterocycles. The molecule has 1 atom stereocenters. The molecule has 4 nitrogen and oxygen atoms in total. The molecule has 5 heteroatoms. The van der Waals surface area contributed by atoms with Crippen LogP contribution >= 0.6 is 15.9 Å². The zero-order valence-corrected chi connectivity index (χ0v) is 13.1. The van der Waals surface area contributed by atoms with Gasteiger partial charge in [-0.05, 0) is 24.6 Å². The molecule has 0 saturated carbocycles. The summed E-state index contributed by atoms with van der Waals surface area (Å²) in [6, 6.07) is 3.56. The summed E-state index contributed by atoms with van der Waals surface area (Å²) in [7, 11) is 1.34. The lowest BCUT2D eigenvalue weighted by molar-refractivity contribution is -0.117. The van der Waals surface area contributed by atoms with Crippen molar-refractivity contribution < 1.29 is 14.3 Å². The van der Waals surface area contributed by atoms with Crippen LogP contribution in [0.2, 0.25) is 0 Å². The molecule has 0 N–H and O–H groups in total. The fourth-order valence-electron chi connectivity index (χ4n) is 2.39. The van der Waals surface area contributed by atoms with Gasteiger partial charge in [0.2, 0.25) is 5.91 Å². The molecule has 1 amide bonds. The monoisotopic (exact) mass is 337 g/mol. The maximum Gasteiger partial charge on any atom is 0.338 e. The molecule has 1 aliphatic heterocycles. The lowest BCUT2D eigenvalue weighted by atomic mass is 10.1. The summed E-state index contributed by atoms with van der Waals surface area (Å²) in [6.07, 6.45) is 2.26. The minimum absolute atomic E-state index is 0.0481. The average molecular weight is 338 g/mol. The van der Waals surface area contributed by atoms with Crippen LogP contribution in [0.1, 0.15) is 22.3 Å². The normalized spacial score (nSPS) is 18.2. The van der Waals surface area contributed by atoms with E-state index in [1.165, 1.54) is 7.11 Å². The first-order valence-corrected chi connectivity index (χ1v) is 7.08. The summed E-state index contributed by atoms with van der Waals surface area (Å²) >= 11 is 3.38. The summed E-state index contributed by atoms with van der Waals surface area (Å²) in [5, 5.41) is 0. The molecular formula is C15H16BrNO3. The molecule has 1 aliphatic rings. The standard InChI is InChI=1S/C15H16BrNO3/c1-4-10-5-14(18)17(8-10)13-7-11(16)6-12(9(13)2)15(19)20-3/h4,6-7,10H,1,5,8H2,2-3H3. The van der Waals surface area contributed by atoms with E-state index in [9.17, 15) is 9.59 Å². The minimum Gasteiger partial charge on any atom is -0.465 e. The predicted octanol–water partition coefficient (Wildman–Crippen LogP) is 3.08. The van der Waals surface area contributed by atoms with Crippen LogP contribution < -0.4 is 4.90 Å². The number of benzene rings is 1. The van der Waals surface area contributed by atoms with Crippen LogP contribution in [-0.4, -0.2) is 25.5 Å². The molecule has 1 unspecified atom stereocenters. The number of hydrogen-bond donors (Lipinski definition) is 0. The van der Waals surface area contributed by atoms with E-state index in [1.54, 1.807) is 17.0 Å². The second-order valence-corrected chi connectivity index (χ2v) is 5.71. The SMILES string of the molecule is C=CC1CC(=O)N(c2cc(Br)cc(C(=O)OC)c2C)C1. The van der Waals surface area contributed by atoms with E-state index in [0.29, 0.717) is 18.5 Å². The minimum atomic E-state index is -0.406. The van der Waals surface area contributed by atoms with Crippen LogP contribution in [-0.2, 0) is 9.53 Å². The van der Waals surface area contributed by atoms with E-state index in [2.05, 4.69) is 22.5 Å². The van der Waals surface area contributed by atoms with E-state index in [4.69, 9.17) is 4.74 Å². The van der Waals surface area contributed by atoms with Gasteiger partial charge in [-0.25, -0.2) is 4.79 Å². The van der Waals surface area contributed by atoms with Crippen LogP contribution in [0.25, 0.3) is 0 Å². The predicted molar refractivity (Wildman–Crippen MR) is 80.9 cm³/mol. The molecular weight excluding hydrogens is 322 g/mol. The number of carbonyl (C=O) groups excluding carboxylic acids is 2. The lowest BCUT2D eigenvalue weighted by Crippen LogP contribution is -2.26. The Bertz CT molecular complexity index is 583. The molecule has 1 aromatic rings. The third-order valence-corrected chi connectivity index (χ3v) is 3.99. The number of ether oxygens (including phenoxy) is 1. The highest BCUT2D eigenvalue weighted by Crippen LogP contribution is 2.33. The summed E-state index contributed by atoms with van der Waals surface area (Å²) in [5.41, 5.74) is 1.96. The van der Waals surface area contributed by atoms with Gasteiger partial charge < -0.3 is 9.64 Å². The highest BCUT2D eigenvalue weighted by molar-refractivity contribution is 9.10. The van der Waals surface area contributed by atoms with Crippen molar-refractivity contribution in [2.75, 3.05) is 18.6 Å².